The van der Waals surface area contributed by atoms with Crippen LogP contribution < -0.4 is 25.1 Å². The molecule has 0 unspecified atom stereocenters. The first-order chi connectivity index (χ1) is 12.0. The van der Waals surface area contributed by atoms with Crippen molar-refractivity contribution in [3.05, 3.63) is 41.3 Å². The van der Waals surface area contributed by atoms with Crippen molar-refractivity contribution in [3.63, 3.8) is 0 Å². The molecule has 0 spiro atoms. The van der Waals surface area contributed by atoms with Gasteiger partial charge in [0, 0.05) is 5.56 Å². The summed E-state index contributed by atoms with van der Waals surface area (Å²) in [6, 6.07) is 4.90. The van der Waals surface area contributed by atoms with Crippen LogP contribution in [0.15, 0.2) is 28.9 Å². The molecule has 134 valence electrons. The minimum atomic E-state index is -0.459. The number of methoxy groups -OCH3 is 3. The minimum Gasteiger partial charge on any atom is -0.493 e. The van der Waals surface area contributed by atoms with Gasteiger partial charge in [-0.2, -0.15) is 0 Å². The third kappa shape index (κ3) is 4.03. The quantitative estimate of drug-likeness (QED) is 0.770. The van der Waals surface area contributed by atoms with Gasteiger partial charge in [-0.1, -0.05) is 6.07 Å². The maximum Gasteiger partial charge on any atom is 0.273 e. The van der Waals surface area contributed by atoms with E-state index in [4.69, 9.17) is 18.6 Å². The van der Waals surface area contributed by atoms with E-state index in [1.807, 2.05) is 0 Å². The number of nitrogens with one attached hydrogen (secondary N) is 2. The van der Waals surface area contributed by atoms with Crippen LogP contribution in [0.4, 0.5) is 0 Å². The second kappa shape index (κ2) is 8.09. The molecule has 0 aliphatic heterocycles. The van der Waals surface area contributed by atoms with Gasteiger partial charge in [0.2, 0.25) is 11.7 Å². The van der Waals surface area contributed by atoms with E-state index in [2.05, 4.69) is 10.9 Å². The Morgan fingerprint density at radius 2 is 1.72 bits per heavy atom. The zero-order valence-corrected chi connectivity index (χ0v) is 14.5. The van der Waals surface area contributed by atoms with Crippen molar-refractivity contribution in [1.29, 1.82) is 0 Å². The van der Waals surface area contributed by atoms with Crippen LogP contribution in [0.5, 0.6) is 17.2 Å². The van der Waals surface area contributed by atoms with Crippen LogP contribution in [0.3, 0.4) is 0 Å². The highest BCUT2D eigenvalue weighted by Gasteiger charge is 2.18. The van der Waals surface area contributed by atoms with Gasteiger partial charge >= 0.3 is 0 Å². The number of ether oxygens (including phenoxy) is 3. The lowest BCUT2D eigenvalue weighted by Gasteiger charge is -2.15. The van der Waals surface area contributed by atoms with Crippen LogP contribution in [0, 0.1) is 6.92 Å². The summed E-state index contributed by atoms with van der Waals surface area (Å²) in [5, 5.41) is 0. The van der Waals surface area contributed by atoms with Gasteiger partial charge in [-0.05, 0) is 19.1 Å². The molecule has 1 heterocycles. The van der Waals surface area contributed by atoms with Crippen LogP contribution >= 0.6 is 0 Å². The molecule has 8 heteroatoms. The van der Waals surface area contributed by atoms with Crippen LogP contribution in [0.25, 0.3) is 0 Å². The van der Waals surface area contributed by atoms with Gasteiger partial charge in [0.1, 0.15) is 5.76 Å². The number of hydrogen-bond donors (Lipinski definition) is 2. The van der Waals surface area contributed by atoms with Crippen molar-refractivity contribution in [2.24, 2.45) is 0 Å². The van der Waals surface area contributed by atoms with E-state index < -0.39 is 11.8 Å². The lowest BCUT2D eigenvalue weighted by molar-refractivity contribution is -0.121. The third-order valence-electron chi connectivity index (χ3n) is 3.56. The molecule has 2 amide bonds. The topological polar surface area (TPSA) is 99.0 Å². The largest absolute Gasteiger partial charge is 0.493 e. The summed E-state index contributed by atoms with van der Waals surface area (Å²) >= 11 is 0. The van der Waals surface area contributed by atoms with Crippen LogP contribution in [0.2, 0.25) is 0 Å². The maximum atomic E-state index is 12.1. The number of carbonyl (C=O) groups excluding carboxylic acids is 2. The van der Waals surface area contributed by atoms with E-state index in [9.17, 15) is 9.59 Å². The molecule has 0 saturated heterocycles. The van der Waals surface area contributed by atoms with Gasteiger partial charge in [0.05, 0.1) is 39.6 Å². The van der Waals surface area contributed by atoms with Crippen molar-refractivity contribution in [2.45, 2.75) is 13.3 Å². The smallest absolute Gasteiger partial charge is 0.273 e. The van der Waals surface area contributed by atoms with Gasteiger partial charge in [-0.3, -0.25) is 20.4 Å². The minimum absolute atomic E-state index is 0.0197. The Hall–Kier alpha value is -3.16. The molecule has 2 N–H and O–H groups in total. The highest BCUT2D eigenvalue weighted by Crippen LogP contribution is 2.39. The Labute approximate surface area is 145 Å². The number of amides is 2. The average molecular weight is 348 g/mol. The Bertz CT molecular complexity index is 768. The van der Waals surface area contributed by atoms with E-state index in [0.717, 1.165) is 0 Å². The Balaban J connectivity index is 2.05. The second-order valence-corrected chi connectivity index (χ2v) is 5.06. The van der Waals surface area contributed by atoms with E-state index in [1.165, 1.54) is 33.7 Å². The van der Waals surface area contributed by atoms with Gasteiger partial charge in [-0.25, -0.2) is 0 Å². The fourth-order valence-corrected chi connectivity index (χ4v) is 2.33. The predicted molar refractivity (Wildman–Crippen MR) is 88.9 cm³/mol. The first kappa shape index (κ1) is 18.2. The molecule has 0 aliphatic carbocycles. The highest BCUT2D eigenvalue weighted by molar-refractivity contribution is 5.96. The Morgan fingerprint density at radius 1 is 1.00 bits per heavy atom. The van der Waals surface area contributed by atoms with Gasteiger partial charge in [0.15, 0.2) is 11.5 Å². The second-order valence-electron chi connectivity index (χ2n) is 5.06. The highest BCUT2D eigenvalue weighted by atomic mass is 16.5. The van der Waals surface area contributed by atoms with Crippen LogP contribution in [-0.2, 0) is 11.2 Å². The standard InChI is InChI=1S/C17H20N2O6/c1-10-12(7-8-25-10)17(21)19-18-14(20)9-11-5-6-13(22-2)16(24-4)15(11)23-3/h5-8H,9H2,1-4H3,(H,18,20)(H,19,21). The number of hydrazine groups is 1. The fourth-order valence-electron chi connectivity index (χ4n) is 2.33. The van der Waals surface area contributed by atoms with Crippen molar-refractivity contribution < 1.29 is 28.2 Å². The third-order valence-corrected chi connectivity index (χ3v) is 3.56. The summed E-state index contributed by atoms with van der Waals surface area (Å²) in [5.74, 6) is 0.877. The van der Waals surface area contributed by atoms with Gasteiger partial charge in [-0.15, -0.1) is 0 Å². The van der Waals surface area contributed by atoms with E-state index >= 15 is 0 Å². The molecule has 0 bridgehead atoms. The molecule has 1 aromatic heterocycles. The zero-order valence-electron chi connectivity index (χ0n) is 14.5. The molecule has 2 aromatic rings. The molecule has 1 aromatic carbocycles. The van der Waals surface area contributed by atoms with Crippen molar-refractivity contribution in [2.75, 3.05) is 21.3 Å². The summed E-state index contributed by atoms with van der Waals surface area (Å²) in [7, 11) is 4.47. The molecular formula is C17H20N2O6. The molecule has 0 saturated carbocycles. The number of rotatable bonds is 6. The first-order valence-electron chi connectivity index (χ1n) is 7.42. The van der Waals surface area contributed by atoms with Gasteiger partial charge < -0.3 is 18.6 Å². The zero-order chi connectivity index (χ0) is 18.4. The number of carbonyl (C=O) groups is 2. The molecular weight excluding hydrogens is 328 g/mol. The normalized spacial score (nSPS) is 10.1. The molecule has 25 heavy (non-hydrogen) atoms. The SMILES string of the molecule is COc1ccc(CC(=O)NNC(=O)c2ccoc2C)c(OC)c1OC. The average Bonchev–Trinajstić information content (AvgIpc) is 3.05. The predicted octanol–water partition coefficient (Wildman–Crippen LogP) is 1.62. The summed E-state index contributed by atoms with van der Waals surface area (Å²) in [5.41, 5.74) is 5.64. The number of hydrogen-bond acceptors (Lipinski definition) is 6. The Morgan fingerprint density at radius 3 is 2.28 bits per heavy atom. The van der Waals surface area contributed by atoms with E-state index in [1.54, 1.807) is 19.1 Å². The molecule has 0 radical (unpaired) electrons. The summed E-state index contributed by atoms with van der Waals surface area (Å²) < 4.78 is 20.9. The lowest BCUT2D eigenvalue weighted by atomic mass is 10.1. The summed E-state index contributed by atoms with van der Waals surface area (Å²) in [4.78, 5) is 24.1. The van der Waals surface area contributed by atoms with Crippen LogP contribution in [0.1, 0.15) is 21.7 Å². The lowest BCUT2D eigenvalue weighted by Crippen LogP contribution is -2.42. The van der Waals surface area contributed by atoms with Gasteiger partial charge in [0.25, 0.3) is 5.91 Å². The van der Waals surface area contributed by atoms with Crippen molar-refractivity contribution in [1.82, 2.24) is 10.9 Å². The number of furan rings is 1. The monoisotopic (exact) mass is 348 g/mol. The van der Waals surface area contributed by atoms with Crippen LogP contribution in [-0.4, -0.2) is 33.1 Å². The maximum absolute atomic E-state index is 12.1. The number of benzene rings is 1. The summed E-state index contributed by atoms with van der Waals surface area (Å²) in [6.07, 6.45) is 1.38. The number of aryl methyl sites for hydroxylation is 1. The fraction of sp³-hybridized carbons (Fsp3) is 0.294. The van der Waals surface area contributed by atoms with Crippen molar-refractivity contribution in [3.8, 4) is 17.2 Å². The Kier molecular flexibility index (Phi) is 5.89. The first-order valence-corrected chi connectivity index (χ1v) is 7.42. The summed E-state index contributed by atoms with van der Waals surface area (Å²) in [6.45, 7) is 1.66. The molecule has 0 aliphatic rings. The molecule has 2 rings (SSSR count). The molecule has 0 fully saturated rings. The molecule has 8 nitrogen and oxygen atoms in total. The van der Waals surface area contributed by atoms with E-state index in [-0.39, 0.29) is 6.42 Å². The van der Waals surface area contributed by atoms with Crippen molar-refractivity contribution >= 4 is 11.8 Å². The molecule has 0 atom stereocenters. The van der Waals surface area contributed by atoms with E-state index in [0.29, 0.717) is 34.1 Å².